The summed E-state index contributed by atoms with van der Waals surface area (Å²) >= 11 is 6.75. The smallest absolute Gasteiger partial charge is 0.306 e. The minimum atomic E-state index is -4.41. The number of aryl methyl sites for hydroxylation is 1. The number of rotatable bonds is 4. The summed E-state index contributed by atoms with van der Waals surface area (Å²) in [4.78, 5) is 3.99. The molecule has 1 unspecified atom stereocenters. The van der Waals surface area contributed by atoms with Crippen LogP contribution in [0.25, 0.3) is 0 Å². The number of alkyl halides is 3. The molecule has 0 aliphatic rings. The molecule has 1 heterocycles. The van der Waals surface area contributed by atoms with Gasteiger partial charge in [-0.2, -0.15) is 13.2 Å². The Morgan fingerprint density at radius 1 is 1.38 bits per heavy atom. The fraction of sp³-hybridized carbons (Fsp3) is 0.357. The first-order valence-electron chi connectivity index (χ1n) is 6.35. The van der Waals surface area contributed by atoms with E-state index >= 15 is 0 Å². The minimum Gasteiger partial charge on any atom is -0.306 e. The summed E-state index contributed by atoms with van der Waals surface area (Å²) in [7, 11) is 0. The van der Waals surface area contributed by atoms with Crippen LogP contribution in [0.4, 0.5) is 13.2 Å². The van der Waals surface area contributed by atoms with E-state index in [1.54, 1.807) is 6.07 Å². The van der Waals surface area contributed by atoms with Crippen LogP contribution in [-0.4, -0.2) is 11.5 Å². The monoisotopic (exact) mass is 334 g/mol. The van der Waals surface area contributed by atoms with Crippen LogP contribution < -0.4 is 5.32 Å². The Hall–Kier alpha value is -1.11. The van der Waals surface area contributed by atoms with Crippen molar-refractivity contribution in [2.45, 2.75) is 26.1 Å². The highest BCUT2D eigenvalue weighted by molar-refractivity contribution is 7.11. The van der Waals surface area contributed by atoms with Gasteiger partial charge in [-0.05, 0) is 30.7 Å². The number of aromatic nitrogens is 1. The fourth-order valence-corrected chi connectivity index (χ4v) is 3.00. The Morgan fingerprint density at radius 3 is 2.62 bits per heavy atom. The average molecular weight is 335 g/mol. The van der Waals surface area contributed by atoms with Gasteiger partial charge in [-0.15, -0.1) is 11.3 Å². The third-order valence-corrected chi connectivity index (χ3v) is 4.50. The van der Waals surface area contributed by atoms with Crippen LogP contribution >= 0.6 is 22.9 Å². The van der Waals surface area contributed by atoms with Gasteiger partial charge in [0.15, 0.2) is 5.01 Å². The molecule has 0 saturated heterocycles. The summed E-state index contributed by atoms with van der Waals surface area (Å²) in [5, 5.41) is 2.93. The number of hydrogen-bond donors (Lipinski definition) is 1. The van der Waals surface area contributed by atoms with Crippen molar-refractivity contribution in [3.05, 3.63) is 50.4 Å². The zero-order chi connectivity index (χ0) is 15.6. The van der Waals surface area contributed by atoms with Crippen LogP contribution in [0.5, 0.6) is 0 Å². The quantitative estimate of drug-likeness (QED) is 0.866. The Bertz CT molecular complexity index is 625. The van der Waals surface area contributed by atoms with E-state index in [4.69, 9.17) is 11.6 Å². The molecule has 0 radical (unpaired) electrons. The van der Waals surface area contributed by atoms with Gasteiger partial charge in [-0.3, -0.25) is 0 Å². The van der Waals surface area contributed by atoms with Gasteiger partial charge in [0.05, 0.1) is 6.04 Å². The second kappa shape index (κ2) is 6.34. The number of hydrogen-bond acceptors (Lipinski definition) is 3. The summed E-state index contributed by atoms with van der Waals surface area (Å²) in [6.45, 7) is 4.40. The molecular weight excluding hydrogens is 321 g/mol. The van der Waals surface area contributed by atoms with E-state index < -0.39 is 11.2 Å². The summed E-state index contributed by atoms with van der Waals surface area (Å²) in [6.07, 6.45) is -3.14. The van der Waals surface area contributed by atoms with Gasteiger partial charge in [0.25, 0.3) is 0 Å². The summed E-state index contributed by atoms with van der Waals surface area (Å²) < 4.78 is 38.0. The highest BCUT2D eigenvalue weighted by Crippen LogP contribution is 2.36. The predicted molar refractivity (Wildman–Crippen MR) is 78.8 cm³/mol. The molecule has 2 aromatic rings. The van der Waals surface area contributed by atoms with Crippen molar-refractivity contribution in [2.24, 2.45) is 0 Å². The first-order valence-corrected chi connectivity index (χ1v) is 7.54. The molecule has 1 aromatic carbocycles. The molecule has 0 spiro atoms. The first-order chi connectivity index (χ1) is 9.82. The van der Waals surface area contributed by atoms with Crippen molar-refractivity contribution in [2.75, 3.05) is 6.54 Å². The van der Waals surface area contributed by atoms with Crippen molar-refractivity contribution >= 4 is 22.9 Å². The van der Waals surface area contributed by atoms with Crippen LogP contribution in [0.2, 0.25) is 5.02 Å². The fourth-order valence-electron chi connectivity index (χ4n) is 1.93. The van der Waals surface area contributed by atoms with Crippen molar-refractivity contribution in [3.63, 3.8) is 0 Å². The molecule has 1 aromatic heterocycles. The van der Waals surface area contributed by atoms with Crippen LogP contribution in [-0.2, 0) is 6.18 Å². The summed E-state index contributed by atoms with van der Waals surface area (Å²) in [5.74, 6) is 0. The second-order valence-corrected chi connectivity index (χ2v) is 6.03. The van der Waals surface area contributed by atoms with E-state index in [1.807, 2.05) is 26.0 Å². The molecule has 2 rings (SSSR count). The SMILES string of the molecule is CCNC(c1ccc(C)c(Cl)c1)c1cnc(C(F)(F)F)s1. The number of nitrogens with zero attached hydrogens (tertiary/aromatic N) is 1. The molecule has 0 amide bonds. The van der Waals surface area contributed by atoms with Gasteiger partial charge >= 0.3 is 6.18 Å². The maximum atomic E-state index is 12.7. The number of benzene rings is 1. The van der Waals surface area contributed by atoms with Gasteiger partial charge in [0.1, 0.15) is 0 Å². The van der Waals surface area contributed by atoms with E-state index in [1.165, 1.54) is 6.20 Å². The highest BCUT2D eigenvalue weighted by atomic mass is 35.5. The number of thiazole rings is 1. The van der Waals surface area contributed by atoms with Gasteiger partial charge in [0, 0.05) is 16.1 Å². The maximum Gasteiger partial charge on any atom is 0.443 e. The maximum absolute atomic E-state index is 12.7. The largest absolute Gasteiger partial charge is 0.443 e. The topological polar surface area (TPSA) is 24.9 Å². The lowest BCUT2D eigenvalue weighted by atomic mass is 10.0. The Labute approximate surface area is 130 Å². The third-order valence-electron chi connectivity index (χ3n) is 2.99. The first kappa shape index (κ1) is 16.3. The zero-order valence-electron chi connectivity index (χ0n) is 11.5. The van der Waals surface area contributed by atoms with E-state index in [0.717, 1.165) is 11.1 Å². The molecule has 0 saturated carbocycles. The Kier molecular flexibility index (Phi) is 4.91. The van der Waals surface area contributed by atoms with Gasteiger partial charge < -0.3 is 5.32 Å². The van der Waals surface area contributed by atoms with Crippen LogP contribution in [0.15, 0.2) is 24.4 Å². The molecule has 2 nitrogen and oxygen atoms in total. The summed E-state index contributed by atoms with van der Waals surface area (Å²) in [6, 6.07) is 5.15. The molecular formula is C14H14ClF3N2S. The van der Waals surface area contributed by atoms with Gasteiger partial charge in [-0.25, -0.2) is 4.98 Å². The van der Waals surface area contributed by atoms with E-state index in [9.17, 15) is 13.2 Å². The average Bonchev–Trinajstić information content (AvgIpc) is 2.89. The molecule has 0 aliphatic carbocycles. The lowest BCUT2D eigenvalue weighted by molar-refractivity contribution is -0.137. The molecule has 0 aliphatic heterocycles. The number of halogens is 4. The van der Waals surface area contributed by atoms with Crippen LogP contribution in [0.3, 0.4) is 0 Å². The van der Waals surface area contributed by atoms with Crippen LogP contribution in [0, 0.1) is 6.92 Å². The Morgan fingerprint density at radius 2 is 2.10 bits per heavy atom. The second-order valence-electron chi connectivity index (χ2n) is 4.56. The van der Waals surface area contributed by atoms with E-state index in [2.05, 4.69) is 10.3 Å². The molecule has 1 atom stereocenters. The van der Waals surface area contributed by atoms with Crippen molar-refractivity contribution < 1.29 is 13.2 Å². The minimum absolute atomic E-state index is 0.346. The van der Waals surface area contributed by atoms with Gasteiger partial charge in [0.2, 0.25) is 0 Å². The highest BCUT2D eigenvalue weighted by Gasteiger charge is 2.35. The predicted octanol–water partition coefficient (Wildman–Crippen LogP) is 4.82. The normalized spacial score (nSPS) is 13.4. The lowest BCUT2D eigenvalue weighted by Gasteiger charge is -2.17. The van der Waals surface area contributed by atoms with E-state index in [0.29, 0.717) is 27.8 Å². The Balaban J connectivity index is 2.38. The van der Waals surface area contributed by atoms with Crippen molar-refractivity contribution in [1.82, 2.24) is 10.3 Å². The van der Waals surface area contributed by atoms with Gasteiger partial charge in [-0.1, -0.05) is 30.7 Å². The zero-order valence-corrected chi connectivity index (χ0v) is 13.0. The van der Waals surface area contributed by atoms with Crippen molar-refractivity contribution in [3.8, 4) is 0 Å². The van der Waals surface area contributed by atoms with Crippen molar-refractivity contribution in [1.29, 1.82) is 0 Å². The molecule has 1 N–H and O–H groups in total. The molecule has 0 bridgehead atoms. The summed E-state index contributed by atoms with van der Waals surface area (Å²) in [5.41, 5.74) is 1.75. The molecule has 7 heteroatoms. The third kappa shape index (κ3) is 3.75. The lowest BCUT2D eigenvalue weighted by Crippen LogP contribution is -2.21. The molecule has 114 valence electrons. The molecule has 0 fully saturated rings. The molecule has 21 heavy (non-hydrogen) atoms. The van der Waals surface area contributed by atoms with E-state index in [-0.39, 0.29) is 6.04 Å². The standard InChI is InChI=1S/C14H14ClF3N2S/c1-3-19-12(9-5-4-8(2)10(15)6-9)11-7-20-13(21-11)14(16,17)18/h4-7,12,19H,3H2,1-2H3. The number of nitrogens with one attached hydrogen (secondary N) is 1. The van der Waals surface area contributed by atoms with Crippen LogP contribution in [0.1, 0.15) is 34.0 Å².